The summed E-state index contributed by atoms with van der Waals surface area (Å²) in [6, 6.07) is 11.2. The smallest absolute Gasteiger partial charge is 0.291 e. The fraction of sp³-hybridized carbons (Fsp3) is 0.344. The molecule has 0 unspecified atom stereocenters. The van der Waals surface area contributed by atoms with Crippen LogP contribution >= 0.6 is 23.2 Å². The lowest BCUT2D eigenvalue weighted by molar-refractivity contribution is -0.120. The number of benzene rings is 2. The molecule has 1 fully saturated rings. The first kappa shape index (κ1) is 31.0. The first-order valence-electron chi connectivity index (χ1n) is 14.6. The Labute approximate surface area is 271 Å². The molecule has 234 valence electrons. The van der Waals surface area contributed by atoms with Crippen molar-refractivity contribution in [3.05, 3.63) is 75.5 Å². The molecule has 4 aromatic rings. The molecule has 1 saturated heterocycles. The number of imidazole rings is 1. The van der Waals surface area contributed by atoms with Gasteiger partial charge in [0, 0.05) is 75.5 Å². The van der Waals surface area contributed by atoms with Crippen LogP contribution in [-0.4, -0.2) is 81.0 Å². The Hall–Kier alpha value is -4.03. The number of likely N-dealkylation sites (N-methyl/N-ethyl adjacent to an activating group) is 1. The molecule has 0 radical (unpaired) electrons. The predicted octanol–water partition coefficient (Wildman–Crippen LogP) is 4.42. The SMILES string of the molecule is COc1nc(-c2cccc(-c3cccc(NC(=O)c4nc5c(n4C)CCN(C)C5)c3Cl)c2Cl)cnc1CN1CC(NC(C)=O)C1. The van der Waals surface area contributed by atoms with E-state index in [4.69, 9.17) is 32.9 Å². The summed E-state index contributed by atoms with van der Waals surface area (Å²) in [7, 11) is 5.47. The zero-order chi connectivity index (χ0) is 31.8. The van der Waals surface area contributed by atoms with Gasteiger partial charge in [-0.1, -0.05) is 53.5 Å². The Morgan fingerprint density at radius 2 is 1.73 bits per heavy atom. The van der Waals surface area contributed by atoms with Crippen LogP contribution in [0.25, 0.3) is 22.4 Å². The number of amides is 2. The van der Waals surface area contributed by atoms with Crippen LogP contribution in [0.3, 0.4) is 0 Å². The van der Waals surface area contributed by atoms with Gasteiger partial charge in [-0.15, -0.1) is 0 Å². The zero-order valence-corrected chi connectivity index (χ0v) is 27.0. The van der Waals surface area contributed by atoms with E-state index in [1.54, 1.807) is 19.4 Å². The van der Waals surface area contributed by atoms with Gasteiger partial charge in [-0.05, 0) is 13.1 Å². The maximum absolute atomic E-state index is 13.3. The van der Waals surface area contributed by atoms with Gasteiger partial charge in [0.15, 0.2) is 5.82 Å². The van der Waals surface area contributed by atoms with Crippen LogP contribution in [0.1, 0.15) is 34.6 Å². The van der Waals surface area contributed by atoms with Crippen LogP contribution < -0.4 is 15.4 Å². The number of methoxy groups -OCH3 is 1. The van der Waals surface area contributed by atoms with Crippen LogP contribution in [-0.2, 0) is 31.4 Å². The fourth-order valence-corrected chi connectivity index (χ4v) is 6.50. The van der Waals surface area contributed by atoms with Gasteiger partial charge in [-0.2, -0.15) is 0 Å². The molecule has 2 aromatic carbocycles. The molecule has 2 aliphatic heterocycles. The van der Waals surface area contributed by atoms with Crippen molar-refractivity contribution in [3.63, 3.8) is 0 Å². The average Bonchev–Trinajstić information content (AvgIpc) is 3.32. The monoisotopic (exact) mass is 648 g/mol. The highest BCUT2D eigenvalue weighted by molar-refractivity contribution is 6.39. The second kappa shape index (κ2) is 12.8. The number of anilines is 1. The van der Waals surface area contributed by atoms with Crippen LogP contribution in [0.2, 0.25) is 10.0 Å². The number of rotatable bonds is 8. The van der Waals surface area contributed by atoms with E-state index in [0.29, 0.717) is 68.6 Å². The minimum absolute atomic E-state index is 0.0333. The summed E-state index contributed by atoms with van der Waals surface area (Å²) < 4.78 is 7.45. The number of hydrogen-bond donors (Lipinski definition) is 2. The molecule has 0 aliphatic carbocycles. The normalized spacial score (nSPS) is 15.3. The standard InChI is InChI=1S/C32H34Cl2N8O3/c1-18(43)36-19-14-42(15-19)17-26-32(45-4)39-24(13-35-26)22-9-5-7-20(28(22)33)21-8-6-10-23(29(21)34)38-31(44)30-37-25-16-40(2)12-11-27(25)41(30)3/h5-10,13,19H,11-12,14-17H2,1-4H3,(H,36,43)(H,38,44). The second-order valence-corrected chi connectivity index (χ2v) is 12.2. The Bertz CT molecular complexity index is 1790. The van der Waals surface area contributed by atoms with Gasteiger partial charge < -0.3 is 24.8 Å². The molecule has 0 atom stereocenters. The number of nitrogens with one attached hydrogen (secondary N) is 2. The van der Waals surface area contributed by atoms with Gasteiger partial charge in [0.1, 0.15) is 5.69 Å². The molecule has 0 spiro atoms. The second-order valence-electron chi connectivity index (χ2n) is 11.5. The lowest BCUT2D eigenvalue weighted by atomic mass is 10.0. The molecule has 6 rings (SSSR count). The Morgan fingerprint density at radius 3 is 2.47 bits per heavy atom. The number of hydrogen-bond acceptors (Lipinski definition) is 8. The molecule has 2 amide bonds. The lowest BCUT2D eigenvalue weighted by Crippen LogP contribution is -2.58. The number of carbonyl (C=O) groups excluding carboxylic acids is 2. The maximum Gasteiger partial charge on any atom is 0.291 e. The molecule has 0 bridgehead atoms. The molecule has 2 aliphatic rings. The number of nitrogens with zero attached hydrogens (tertiary/aromatic N) is 6. The van der Waals surface area contributed by atoms with Crippen molar-refractivity contribution in [2.24, 2.45) is 7.05 Å². The Kier molecular flexibility index (Phi) is 8.78. The van der Waals surface area contributed by atoms with Gasteiger partial charge in [0.05, 0.1) is 46.5 Å². The Morgan fingerprint density at radius 1 is 1.02 bits per heavy atom. The van der Waals surface area contributed by atoms with E-state index >= 15 is 0 Å². The van der Waals surface area contributed by atoms with E-state index in [1.165, 1.54) is 6.92 Å². The lowest BCUT2D eigenvalue weighted by Gasteiger charge is -2.39. The summed E-state index contributed by atoms with van der Waals surface area (Å²) >= 11 is 13.9. The summed E-state index contributed by atoms with van der Waals surface area (Å²) in [5.74, 6) is 0.380. The molecule has 2 aromatic heterocycles. The van der Waals surface area contributed by atoms with Gasteiger partial charge in [-0.25, -0.2) is 9.97 Å². The van der Waals surface area contributed by atoms with Crippen molar-refractivity contribution in [3.8, 4) is 28.3 Å². The van der Waals surface area contributed by atoms with Crippen molar-refractivity contribution in [2.75, 3.05) is 39.1 Å². The number of aromatic nitrogens is 4. The van der Waals surface area contributed by atoms with Crippen LogP contribution in [0, 0.1) is 0 Å². The van der Waals surface area contributed by atoms with Crippen molar-refractivity contribution >= 4 is 40.7 Å². The number of carbonyl (C=O) groups is 2. The van der Waals surface area contributed by atoms with Crippen LogP contribution in [0.15, 0.2) is 42.6 Å². The first-order chi connectivity index (χ1) is 21.6. The molecule has 11 nitrogen and oxygen atoms in total. The Balaban J connectivity index is 1.23. The van der Waals surface area contributed by atoms with Crippen molar-refractivity contribution in [1.82, 2.24) is 34.6 Å². The van der Waals surface area contributed by atoms with Gasteiger partial charge >= 0.3 is 0 Å². The molecule has 45 heavy (non-hydrogen) atoms. The zero-order valence-electron chi connectivity index (χ0n) is 25.5. The molecule has 13 heteroatoms. The molecule has 4 heterocycles. The largest absolute Gasteiger partial charge is 0.480 e. The highest BCUT2D eigenvalue weighted by Crippen LogP contribution is 2.41. The third kappa shape index (κ3) is 6.26. The summed E-state index contributed by atoms with van der Waals surface area (Å²) in [6.45, 7) is 5.17. The predicted molar refractivity (Wildman–Crippen MR) is 174 cm³/mol. The molecule has 2 N–H and O–H groups in total. The third-order valence-electron chi connectivity index (χ3n) is 8.20. The van der Waals surface area contributed by atoms with Crippen LogP contribution in [0.4, 0.5) is 5.69 Å². The minimum atomic E-state index is -0.334. The van der Waals surface area contributed by atoms with Gasteiger partial charge in [-0.3, -0.25) is 19.5 Å². The number of fused-ring (bicyclic) bond motifs is 1. The van der Waals surface area contributed by atoms with Gasteiger partial charge in [0.25, 0.3) is 5.91 Å². The van der Waals surface area contributed by atoms with Crippen molar-refractivity contribution in [2.45, 2.75) is 32.5 Å². The number of halogens is 2. The van der Waals surface area contributed by atoms with E-state index in [9.17, 15) is 9.59 Å². The summed E-state index contributed by atoms with van der Waals surface area (Å²) in [6.07, 6.45) is 2.52. The van der Waals surface area contributed by atoms with Crippen molar-refractivity contribution in [1.29, 1.82) is 0 Å². The maximum atomic E-state index is 13.3. The van der Waals surface area contributed by atoms with E-state index < -0.39 is 0 Å². The van der Waals surface area contributed by atoms with Crippen molar-refractivity contribution < 1.29 is 14.3 Å². The molecular weight excluding hydrogens is 615 g/mol. The van der Waals surface area contributed by atoms with E-state index in [2.05, 4.69) is 30.4 Å². The highest BCUT2D eigenvalue weighted by Gasteiger charge is 2.29. The average molecular weight is 650 g/mol. The van der Waals surface area contributed by atoms with E-state index in [-0.39, 0.29) is 17.9 Å². The fourth-order valence-electron chi connectivity index (χ4n) is 5.90. The number of likely N-dealkylation sites (tertiary alicyclic amines) is 1. The minimum Gasteiger partial charge on any atom is -0.480 e. The first-order valence-corrected chi connectivity index (χ1v) is 15.4. The number of ether oxygens (including phenoxy) is 1. The molecule has 0 saturated carbocycles. The third-order valence-corrected chi connectivity index (χ3v) is 9.02. The van der Waals surface area contributed by atoms with E-state index in [1.807, 2.05) is 49.0 Å². The van der Waals surface area contributed by atoms with Gasteiger partial charge in [0.2, 0.25) is 11.8 Å². The van der Waals surface area contributed by atoms with E-state index in [0.717, 1.165) is 37.4 Å². The summed E-state index contributed by atoms with van der Waals surface area (Å²) in [5.41, 5.74) is 5.69. The summed E-state index contributed by atoms with van der Waals surface area (Å²) in [4.78, 5) is 43.0. The molecular formula is C32H34Cl2N8O3. The topological polar surface area (TPSA) is 118 Å². The summed E-state index contributed by atoms with van der Waals surface area (Å²) in [5, 5.41) is 6.66. The van der Waals surface area contributed by atoms with Crippen LogP contribution in [0.5, 0.6) is 5.88 Å². The quantitative estimate of drug-likeness (QED) is 0.288. The highest BCUT2D eigenvalue weighted by atomic mass is 35.5.